The zero-order chi connectivity index (χ0) is 19.5. The molecule has 2 aromatic heterocycles. The number of hydrogen-bond acceptors (Lipinski definition) is 4. The summed E-state index contributed by atoms with van der Waals surface area (Å²) < 4.78 is 1.58. The molecule has 4 aromatic rings. The van der Waals surface area contributed by atoms with Gasteiger partial charge in [-0.1, -0.05) is 36.4 Å². The SMILES string of the molecule is N#Cc1ccccc1-c1cc(-c2ccc(N)cn2)cn(-c2ccccc2)c1=O. The van der Waals surface area contributed by atoms with Crippen LogP contribution >= 0.6 is 0 Å². The van der Waals surface area contributed by atoms with E-state index in [1.165, 1.54) is 0 Å². The molecule has 2 N–H and O–H groups in total. The van der Waals surface area contributed by atoms with Crippen molar-refractivity contribution in [2.24, 2.45) is 0 Å². The summed E-state index contributed by atoms with van der Waals surface area (Å²) in [5.41, 5.74) is 9.78. The zero-order valence-corrected chi connectivity index (χ0v) is 14.9. The Morgan fingerprint density at radius 3 is 2.39 bits per heavy atom. The highest BCUT2D eigenvalue weighted by molar-refractivity contribution is 5.75. The maximum absolute atomic E-state index is 13.3. The quantitative estimate of drug-likeness (QED) is 0.595. The Morgan fingerprint density at radius 2 is 1.68 bits per heavy atom. The van der Waals surface area contributed by atoms with Crippen LogP contribution in [0.2, 0.25) is 0 Å². The van der Waals surface area contributed by atoms with E-state index < -0.39 is 0 Å². The molecule has 4 rings (SSSR count). The number of rotatable bonds is 3. The summed E-state index contributed by atoms with van der Waals surface area (Å²) in [6.07, 6.45) is 3.34. The highest BCUT2D eigenvalue weighted by Crippen LogP contribution is 2.26. The lowest BCUT2D eigenvalue weighted by atomic mass is 9.99. The van der Waals surface area contributed by atoms with E-state index in [1.807, 2.05) is 42.5 Å². The molecule has 2 aromatic carbocycles. The van der Waals surface area contributed by atoms with Crippen LogP contribution < -0.4 is 11.3 Å². The van der Waals surface area contributed by atoms with Gasteiger partial charge < -0.3 is 5.73 Å². The number of benzene rings is 2. The second kappa shape index (κ2) is 7.22. The van der Waals surface area contributed by atoms with Crippen LogP contribution in [0, 0.1) is 11.3 Å². The third-order valence-electron chi connectivity index (χ3n) is 4.47. The maximum atomic E-state index is 13.3. The predicted octanol–water partition coefficient (Wildman–Crippen LogP) is 4.02. The molecule has 0 aliphatic carbocycles. The van der Waals surface area contributed by atoms with E-state index in [-0.39, 0.29) is 5.56 Å². The standard InChI is InChI=1S/C23H16N4O/c24-13-16-6-4-5-9-20(16)21-12-17(22-11-10-18(25)14-26-22)15-27(23(21)28)19-7-2-1-3-8-19/h1-12,14-15H,25H2. The molecule has 28 heavy (non-hydrogen) atoms. The van der Waals surface area contributed by atoms with Crippen molar-refractivity contribution in [3.63, 3.8) is 0 Å². The Labute approximate surface area is 162 Å². The van der Waals surface area contributed by atoms with Crippen molar-refractivity contribution in [3.05, 3.63) is 101 Å². The molecule has 0 spiro atoms. The van der Waals surface area contributed by atoms with Crippen molar-refractivity contribution < 1.29 is 0 Å². The van der Waals surface area contributed by atoms with Gasteiger partial charge in [0.25, 0.3) is 5.56 Å². The summed E-state index contributed by atoms with van der Waals surface area (Å²) in [7, 11) is 0. The van der Waals surface area contributed by atoms with Crippen molar-refractivity contribution in [1.29, 1.82) is 5.26 Å². The number of nitrogen functional groups attached to an aromatic ring is 1. The largest absolute Gasteiger partial charge is 0.397 e. The van der Waals surface area contributed by atoms with Crippen LogP contribution in [0.5, 0.6) is 0 Å². The second-order valence-corrected chi connectivity index (χ2v) is 6.29. The van der Waals surface area contributed by atoms with Crippen molar-refractivity contribution in [2.75, 3.05) is 5.73 Å². The van der Waals surface area contributed by atoms with Gasteiger partial charge in [0.2, 0.25) is 0 Å². The molecule has 134 valence electrons. The van der Waals surface area contributed by atoms with E-state index >= 15 is 0 Å². The van der Waals surface area contributed by atoms with Gasteiger partial charge >= 0.3 is 0 Å². The summed E-state index contributed by atoms with van der Waals surface area (Å²) >= 11 is 0. The van der Waals surface area contributed by atoms with E-state index in [0.717, 1.165) is 11.3 Å². The normalized spacial score (nSPS) is 10.4. The molecule has 0 aliphatic heterocycles. The summed E-state index contributed by atoms with van der Waals surface area (Å²) in [4.78, 5) is 17.7. The highest BCUT2D eigenvalue weighted by atomic mass is 16.1. The fraction of sp³-hybridized carbons (Fsp3) is 0. The molecule has 0 fully saturated rings. The van der Waals surface area contributed by atoms with Gasteiger partial charge in [0.1, 0.15) is 0 Å². The molecule has 0 aliphatic rings. The molecular weight excluding hydrogens is 348 g/mol. The molecule has 0 radical (unpaired) electrons. The van der Waals surface area contributed by atoms with E-state index in [4.69, 9.17) is 5.73 Å². The predicted molar refractivity (Wildman–Crippen MR) is 110 cm³/mol. The molecule has 0 bridgehead atoms. The number of hydrogen-bond donors (Lipinski definition) is 1. The Bertz CT molecular complexity index is 1240. The second-order valence-electron chi connectivity index (χ2n) is 6.29. The van der Waals surface area contributed by atoms with Crippen molar-refractivity contribution in [3.8, 4) is 34.1 Å². The maximum Gasteiger partial charge on any atom is 0.263 e. The minimum atomic E-state index is -0.201. The minimum Gasteiger partial charge on any atom is -0.397 e. The third-order valence-corrected chi connectivity index (χ3v) is 4.47. The van der Waals surface area contributed by atoms with Gasteiger partial charge in [-0.05, 0) is 36.4 Å². The smallest absolute Gasteiger partial charge is 0.263 e. The number of pyridine rings is 2. The van der Waals surface area contributed by atoms with Gasteiger partial charge in [0.15, 0.2) is 0 Å². The summed E-state index contributed by atoms with van der Waals surface area (Å²) in [6.45, 7) is 0. The summed E-state index contributed by atoms with van der Waals surface area (Å²) in [5.74, 6) is 0. The van der Waals surface area contributed by atoms with Crippen LogP contribution in [-0.4, -0.2) is 9.55 Å². The van der Waals surface area contributed by atoms with E-state index in [1.54, 1.807) is 47.3 Å². The van der Waals surface area contributed by atoms with Crippen molar-refractivity contribution >= 4 is 5.69 Å². The highest BCUT2D eigenvalue weighted by Gasteiger charge is 2.14. The Morgan fingerprint density at radius 1 is 0.929 bits per heavy atom. The number of nitrogens with two attached hydrogens (primary N) is 1. The fourth-order valence-corrected chi connectivity index (χ4v) is 3.09. The first-order valence-electron chi connectivity index (χ1n) is 8.71. The first kappa shape index (κ1) is 17.3. The molecule has 0 saturated carbocycles. The fourth-order valence-electron chi connectivity index (χ4n) is 3.09. The van der Waals surface area contributed by atoms with Crippen molar-refractivity contribution in [2.45, 2.75) is 0 Å². The van der Waals surface area contributed by atoms with Crippen molar-refractivity contribution in [1.82, 2.24) is 9.55 Å². The molecular formula is C23H16N4O. The van der Waals surface area contributed by atoms with Gasteiger partial charge in [-0.2, -0.15) is 5.26 Å². The van der Waals surface area contributed by atoms with Gasteiger partial charge in [-0.15, -0.1) is 0 Å². The Hall–Kier alpha value is -4.17. The minimum absolute atomic E-state index is 0.201. The van der Waals surface area contributed by atoms with Crippen LogP contribution in [0.1, 0.15) is 5.56 Å². The number of nitrogens with zero attached hydrogens (tertiary/aromatic N) is 3. The monoisotopic (exact) mass is 364 g/mol. The molecule has 0 atom stereocenters. The molecule has 5 nitrogen and oxygen atoms in total. The van der Waals surface area contributed by atoms with Crippen LogP contribution in [0.25, 0.3) is 28.1 Å². The van der Waals surface area contributed by atoms with E-state index in [2.05, 4.69) is 11.1 Å². The lowest BCUT2D eigenvalue weighted by Crippen LogP contribution is -2.20. The summed E-state index contributed by atoms with van der Waals surface area (Å²) in [5, 5.41) is 9.49. The average molecular weight is 364 g/mol. The number of aromatic nitrogens is 2. The lowest BCUT2D eigenvalue weighted by Gasteiger charge is -2.13. The van der Waals surface area contributed by atoms with E-state index in [9.17, 15) is 10.1 Å². The van der Waals surface area contributed by atoms with Crippen LogP contribution in [-0.2, 0) is 0 Å². The van der Waals surface area contributed by atoms with Crippen LogP contribution in [0.4, 0.5) is 5.69 Å². The zero-order valence-electron chi connectivity index (χ0n) is 14.9. The first-order valence-corrected chi connectivity index (χ1v) is 8.71. The summed E-state index contributed by atoms with van der Waals surface area (Å²) in [6, 6.07) is 24.0. The topological polar surface area (TPSA) is 84.7 Å². The van der Waals surface area contributed by atoms with Gasteiger partial charge in [-0.3, -0.25) is 14.3 Å². The third kappa shape index (κ3) is 3.15. The number of nitriles is 1. The first-order chi connectivity index (χ1) is 13.7. The van der Waals surface area contributed by atoms with Gasteiger partial charge in [0.05, 0.1) is 29.2 Å². The number of para-hydroxylation sites is 1. The Balaban J connectivity index is 2.03. The van der Waals surface area contributed by atoms with Gasteiger partial charge in [0, 0.05) is 28.6 Å². The Kier molecular flexibility index (Phi) is 4.45. The molecule has 5 heteroatoms. The van der Waals surface area contributed by atoms with Gasteiger partial charge in [-0.25, -0.2) is 0 Å². The molecule has 2 heterocycles. The lowest BCUT2D eigenvalue weighted by molar-refractivity contribution is 0.993. The molecule has 0 amide bonds. The molecule has 0 saturated heterocycles. The molecule has 0 unspecified atom stereocenters. The average Bonchev–Trinajstić information content (AvgIpc) is 2.75. The van der Waals surface area contributed by atoms with Crippen LogP contribution in [0.15, 0.2) is 90.0 Å². The number of anilines is 1. The van der Waals surface area contributed by atoms with E-state index in [0.29, 0.717) is 28.1 Å². The van der Waals surface area contributed by atoms with Crippen LogP contribution in [0.3, 0.4) is 0 Å².